The van der Waals surface area contributed by atoms with E-state index in [0.29, 0.717) is 17.3 Å². The van der Waals surface area contributed by atoms with Gasteiger partial charge in [0.15, 0.2) is 0 Å². The molecule has 1 fully saturated rings. The van der Waals surface area contributed by atoms with Crippen LogP contribution < -0.4 is 10.6 Å². The number of carbonyl (C=O) groups excluding carboxylic acids is 2. The predicted molar refractivity (Wildman–Crippen MR) is 70.9 cm³/mol. The summed E-state index contributed by atoms with van der Waals surface area (Å²) in [5.74, 6) is -0.326. The van der Waals surface area contributed by atoms with Crippen molar-refractivity contribution in [1.29, 1.82) is 0 Å². The van der Waals surface area contributed by atoms with Crippen LogP contribution in [-0.4, -0.2) is 23.2 Å². The highest BCUT2D eigenvalue weighted by Gasteiger charge is 2.23. The van der Waals surface area contributed by atoms with Gasteiger partial charge in [0.05, 0.1) is 0 Å². The third-order valence-electron chi connectivity index (χ3n) is 2.69. The number of halogens is 1. The second-order valence-electron chi connectivity index (χ2n) is 4.43. The molecule has 1 aromatic carbocycles. The Bertz CT molecular complexity index is 453. The second-order valence-corrected chi connectivity index (χ2v) is 5.08. The Labute approximate surface area is 111 Å². The molecule has 0 spiro atoms. The van der Waals surface area contributed by atoms with Crippen LogP contribution in [0.25, 0.3) is 0 Å². The molecule has 1 aliphatic rings. The van der Waals surface area contributed by atoms with Crippen molar-refractivity contribution >= 4 is 29.1 Å². The van der Waals surface area contributed by atoms with E-state index in [1.807, 2.05) is 0 Å². The van der Waals surface area contributed by atoms with E-state index in [-0.39, 0.29) is 11.8 Å². The zero-order valence-corrected chi connectivity index (χ0v) is 10.8. The Balaban J connectivity index is 1.96. The van der Waals surface area contributed by atoms with Crippen molar-refractivity contribution < 1.29 is 9.59 Å². The molecule has 0 bridgehead atoms. The molecule has 1 saturated carbocycles. The molecular formula is C13H15ClN2O2. The number of carbonyl (C=O) groups is 2. The van der Waals surface area contributed by atoms with Crippen molar-refractivity contribution in [3.05, 3.63) is 29.8 Å². The number of alkyl halides is 1. The first-order chi connectivity index (χ1) is 8.56. The fourth-order valence-corrected chi connectivity index (χ4v) is 1.50. The van der Waals surface area contributed by atoms with Gasteiger partial charge in [-0.25, -0.2) is 0 Å². The molecule has 1 aromatic rings. The highest BCUT2D eigenvalue weighted by Crippen LogP contribution is 2.19. The molecule has 0 aromatic heterocycles. The van der Waals surface area contributed by atoms with Gasteiger partial charge in [-0.05, 0) is 44.0 Å². The maximum atomic E-state index is 11.7. The standard InChI is InChI=1S/C13H15ClN2O2/c1-8(14)12(17)15-10-4-2-9(3-5-10)13(18)16-11-6-7-11/h2-5,8,11H,6-7H2,1H3,(H,15,17)(H,16,18). The summed E-state index contributed by atoms with van der Waals surface area (Å²) >= 11 is 5.65. The molecule has 1 unspecified atom stereocenters. The number of rotatable bonds is 4. The van der Waals surface area contributed by atoms with Crippen LogP contribution in [0.4, 0.5) is 5.69 Å². The van der Waals surface area contributed by atoms with E-state index >= 15 is 0 Å². The van der Waals surface area contributed by atoms with Crippen molar-refractivity contribution in [3.8, 4) is 0 Å². The summed E-state index contributed by atoms with van der Waals surface area (Å²) in [6.45, 7) is 1.61. The average Bonchev–Trinajstić information content (AvgIpc) is 3.13. The number of benzene rings is 1. The summed E-state index contributed by atoms with van der Waals surface area (Å²) in [5.41, 5.74) is 1.23. The van der Waals surface area contributed by atoms with E-state index in [2.05, 4.69) is 10.6 Å². The van der Waals surface area contributed by atoms with Gasteiger partial charge in [-0.2, -0.15) is 0 Å². The van der Waals surface area contributed by atoms with Crippen LogP contribution >= 0.6 is 11.6 Å². The molecule has 1 aliphatic carbocycles. The van der Waals surface area contributed by atoms with Gasteiger partial charge >= 0.3 is 0 Å². The van der Waals surface area contributed by atoms with Crippen LogP contribution in [0, 0.1) is 0 Å². The van der Waals surface area contributed by atoms with E-state index < -0.39 is 5.38 Å². The maximum absolute atomic E-state index is 11.7. The molecule has 2 N–H and O–H groups in total. The number of amides is 2. The third kappa shape index (κ3) is 3.47. The van der Waals surface area contributed by atoms with Gasteiger partial charge < -0.3 is 10.6 Å². The van der Waals surface area contributed by atoms with E-state index in [0.717, 1.165) is 12.8 Å². The summed E-state index contributed by atoms with van der Waals surface area (Å²) in [4.78, 5) is 23.1. The van der Waals surface area contributed by atoms with Crippen molar-refractivity contribution in [1.82, 2.24) is 5.32 Å². The van der Waals surface area contributed by atoms with Crippen molar-refractivity contribution in [2.45, 2.75) is 31.2 Å². The third-order valence-corrected chi connectivity index (χ3v) is 2.89. The highest BCUT2D eigenvalue weighted by molar-refractivity contribution is 6.32. The van der Waals surface area contributed by atoms with Gasteiger partial charge in [0.1, 0.15) is 5.38 Å². The largest absolute Gasteiger partial charge is 0.349 e. The fraction of sp³-hybridized carbons (Fsp3) is 0.385. The Morgan fingerprint density at radius 2 is 1.89 bits per heavy atom. The summed E-state index contributed by atoms with van der Waals surface area (Å²) < 4.78 is 0. The number of hydrogen-bond donors (Lipinski definition) is 2. The molecule has 0 saturated heterocycles. The fourth-order valence-electron chi connectivity index (χ4n) is 1.44. The highest BCUT2D eigenvalue weighted by atomic mass is 35.5. The normalized spacial score (nSPS) is 15.9. The lowest BCUT2D eigenvalue weighted by Gasteiger charge is -2.07. The molecule has 18 heavy (non-hydrogen) atoms. The van der Waals surface area contributed by atoms with Gasteiger partial charge in [0, 0.05) is 17.3 Å². The molecule has 0 radical (unpaired) electrons. The minimum Gasteiger partial charge on any atom is -0.349 e. The van der Waals surface area contributed by atoms with Crippen molar-refractivity contribution in [3.63, 3.8) is 0 Å². The molecule has 4 nitrogen and oxygen atoms in total. The number of anilines is 1. The minimum absolute atomic E-state index is 0.0684. The predicted octanol–water partition coefficient (Wildman–Crippen LogP) is 2.14. The van der Waals surface area contributed by atoms with E-state index in [4.69, 9.17) is 11.6 Å². The Kier molecular flexibility index (Phi) is 3.87. The summed E-state index contributed by atoms with van der Waals surface area (Å²) in [6, 6.07) is 7.10. The lowest BCUT2D eigenvalue weighted by molar-refractivity contribution is -0.115. The molecule has 1 atom stereocenters. The first-order valence-electron chi connectivity index (χ1n) is 5.92. The van der Waals surface area contributed by atoms with Crippen LogP contribution in [0.15, 0.2) is 24.3 Å². The van der Waals surface area contributed by atoms with Gasteiger partial charge in [-0.1, -0.05) is 0 Å². The number of hydrogen-bond acceptors (Lipinski definition) is 2. The Hall–Kier alpha value is -1.55. The van der Waals surface area contributed by atoms with Crippen LogP contribution in [0.2, 0.25) is 0 Å². The molecule has 0 heterocycles. The van der Waals surface area contributed by atoms with E-state index in [1.165, 1.54) is 0 Å². The molecule has 5 heteroatoms. The topological polar surface area (TPSA) is 58.2 Å². The monoisotopic (exact) mass is 266 g/mol. The van der Waals surface area contributed by atoms with Crippen molar-refractivity contribution in [2.24, 2.45) is 0 Å². The number of nitrogens with one attached hydrogen (secondary N) is 2. The summed E-state index contributed by atoms with van der Waals surface area (Å²) in [6.07, 6.45) is 2.13. The minimum atomic E-state index is -0.581. The lowest BCUT2D eigenvalue weighted by Crippen LogP contribution is -2.25. The summed E-state index contributed by atoms with van der Waals surface area (Å²) in [7, 11) is 0. The maximum Gasteiger partial charge on any atom is 0.251 e. The van der Waals surface area contributed by atoms with Gasteiger partial charge in [0.25, 0.3) is 5.91 Å². The quantitative estimate of drug-likeness (QED) is 0.821. The molecule has 0 aliphatic heterocycles. The second kappa shape index (κ2) is 5.40. The van der Waals surface area contributed by atoms with Crippen molar-refractivity contribution in [2.75, 3.05) is 5.32 Å². The van der Waals surface area contributed by atoms with Crippen LogP contribution in [0.3, 0.4) is 0 Å². The summed E-state index contributed by atoms with van der Waals surface area (Å²) in [5, 5.41) is 4.98. The van der Waals surface area contributed by atoms with Gasteiger partial charge in [-0.3, -0.25) is 9.59 Å². The Morgan fingerprint density at radius 1 is 1.28 bits per heavy atom. The van der Waals surface area contributed by atoms with E-state index in [9.17, 15) is 9.59 Å². The Morgan fingerprint density at radius 3 is 2.39 bits per heavy atom. The van der Waals surface area contributed by atoms with Crippen LogP contribution in [0.5, 0.6) is 0 Å². The molecule has 96 valence electrons. The first-order valence-corrected chi connectivity index (χ1v) is 6.36. The van der Waals surface area contributed by atoms with Crippen LogP contribution in [0.1, 0.15) is 30.1 Å². The SMILES string of the molecule is CC(Cl)C(=O)Nc1ccc(C(=O)NC2CC2)cc1. The molecule has 2 amide bonds. The van der Waals surface area contributed by atoms with Gasteiger partial charge in [0.2, 0.25) is 5.91 Å². The smallest absolute Gasteiger partial charge is 0.251 e. The average molecular weight is 267 g/mol. The van der Waals surface area contributed by atoms with Gasteiger partial charge in [-0.15, -0.1) is 11.6 Å². The lowest BCUT2D eigenvalue weighted by atomic mass is 10.2. The van der Waals surface area contributed by atoms with E-state index in [1.54, 1.807) is 31.2 Å². The molecular weight excluding hydrogens is 252 g/mol. The zero-order chi connectivity index (χ0) is 13.1. The zero-order valence-electron chi connectivity index (χ0n) is 10.1. The molecule has 2 rings (SSSR count). The first kappa shape index (κ1) is 12.9. The van der Waals surface area contributed by atoms with Crippen LogP contribution in [-0.2, 0) is 4.79 Å².